The van der Waals surface area contributed by atoms with Gasteiger partial charge >= 0.3 is 5.97 Å². The van der Waals surface area contributed by atoms with Gasteiger partial charge in [0.25, 0.3) is 0 Å². The maximum Gasteiger partial charge on any atom is 0.306 e. The van der Waals surface area contributed by atoms with Crippen molar-refractivity contribution >= 4 is 39.4 Å². The van der Waals surface area contributed by atoms with Crippen LogP contribution in [-0.4, -0.2) is 29.9 Å². The van der Waals surface area contributed by atoms with Gasteiger partial charge in [-0.15, -0.1) is 11.8 Å². The van der Waals surface area contributed by atoms with Crippen LogP contribution < -0.4 is 0 Å². The quantitative estimate of drug-likeness (QED) is 0.535. The molecule has 0 amide bonds. The normalized spacial score (nSPS) is 17.1. The molecule has 0 aliphatic heterocycles. The SMILES string of the molecule is COC(=O)CC1(CSC(C)C(=O)c2ccc(Br)cc2)CC1. The van der Waals surface area contributed by atoms with E-state index in [0.29, 0.717) is 6.42 Å². The van der Waals surface area contributed by atoms with E-state index in [1.807, 2.05) is 31.2 Å². The van der Waals surface area contributed by atoms with Crippen molar-refractivity contribution in [2.45, 2.75) is 31.4 Å². The molecule has 0 heterocycles. The third-order valence-corrected chi connectivity index (χ3v) is 5.86. The lowest BCUT2D eigenvalue weighted by Gasteiger charge is -2.16. The monoisotopic (exact) mass is 370 g/mol. The first-order chi connectivity index (χ1) is 9.96. The molecule has 3 nitrogen and oxygen atoms in total. The van der Waals surface area contributed by atoms with Crippen molar-refractivity contribution in [3.8, 4) is 0 Å². The van der Waals surface area contributed by atoms with Crippen LogP contribution in [0.1, 0.15) is 36.5 Å². The number of methoxy groups -OCH3 is 1. The fourth-order valence-corrected chi connectivity index (χ4v) is 3.70. The van der Waals surface area contributed by atoms with Crippen molar-refractivity contribution in [2.75, 3.05) is 12.9 Å². The highest BCUT2D eigenvalue weighted by Crippen LogP contribution is 2.51. The Labute approximate surface area is 138 Å². The average Bonchev–Trinajstić information content (AvgIpc) is 3.24. The van der Waals surface area contributed by atoms with E-state index in [2.05, 4.69) is 15.9 Å². The summed E-state index contributed by atoms with van der Waals surface area (Å²) in [5, 5.41) is -0.0960. The minimum Gasteiger partial charge on any atom is -0.469 e. The van der Waals surface area contributed by atoms with Crippen molar-refractivity contribution in [3.63, 3.8) is 0 Å². The van der Waals surface area contributed by atoms with Crippen LogP contribution in [0.3, 0.4) is 0 Å². The predicted molar refractivity (Wildman–Crippen MR) is 88.7 cm³/mol. The van der Waals surface area contributed by atoms with E-state index in [9.17, 15) is 9.59 Å². The van der Waals surface area contributed by atoms with Crippen LogP contribution >= 0.6 is 27.7 Å². The second-order valence-corrected chi connectivity index (χ2v) is 7.82. The zero-order chi connectivity index (χ0) is 15.5. The van der Waals surface area contributed by atoms with Crippen molar-refractivity contribution in [2.24, 2.45) is 5.41 Å². The highest BCUT2D eigenvalue weighted by molar-refractivity contribution is 9.10. The second kappa shape index (κ2) is 6.97. The topological polar surface area (TPSA) is 43.4 Å². The zero-order valence-corrected chi connectivity index (χ0v) is 14.6. The number of ether oxygens (including phenoxy) is 1. The van der Waals surface area contributed by atoms with E-state index >= 15 is 0 Å². The van der Waals surface area contributed by atoms with Crippen LogP contribution in [0.2, 0.25) is 0 Å². The predicted octanol–water partition coefficient (Wildman–Crippen LogP) is 4.10. The number of esters is 1. The average molecular weight is 371 g/mol. The van der Waals surface area contributed by atoms with Crippen molar-refractivity contribution in [1.29, 1.82) is 0 Å². The van der Waals surface area contributed by atoms with Gasteiger partial charge in [-0.25, -0.2) is 0 Å². The van der Waals surface area contributed by atoms with Crippen LogP contribution in [0.25, 0.3) is 0 Å². The molecule has 0 spiro atoms. The van der Waals surface area contributed by atoms with Crippen LogP contribution in [0.15, 0.2) is 28.7 Å². The van der Waals surface area contributed by atoms with E-state index in [0.717, 1.165) is 28.6 Å². The maximum absolute atomic E-state index is 12.3. The van der Waals surface area contributed by atoms with Gasteiger partial charge < -0.3 is 4.74 Å². The molecular weight excluding hydrogens is 352 g/mol. The molecular formula is C16H19BrO3S. The van der Waals surface area contributed by atoms with Gasteiger partial charge in [0, 0.05) is 15.8 Å². The summed E-state index contributed by atoms with van der Waals surface area (Å²) >= 11 is 5.00. The van der Waals surface area contributed by atoms with Gasteiger partial charge in [-0.3, -0.25) is 9.59 Å². The molecule has 1 aliphatic carbocycles. The van der Waals surface area contributed by atoms with Crippen molar-refractivity contribution < 1.29 is 14.3 Å². The summed E-state index contributed by atoms with van der Waals surface area (Å²) in [6, 6.07) is 7.43. The number of rotatable bonds is 7. The number of benzene rings is 1. The minimum absolute atomic E-state index is 0.0615. The molecule has 1 unspecified atom stereocenters. The standard InChI is InChI=1S/C16H19BrO3S/c1-11(15(19)12-3-5-13(17)6-4-12)21-10-16(7-8-16)9-14(18)20-2/h3-6,11H,7-10H2,1-2H3. The highest BCUT2D eigenvalue weighted by Gasteiger charge is 2.45. The Bertz CT molecular complexity index is 523. The van der Waals surface area contributed by atoms with Gasteiger partial charge in [-0.05, 0) is 37.3 Å². The van der Waals surface area contributed by atoms with Crippen molar-refractivity contribution in [1.82, 2.24) is 0 Å². The molecule has 1 atom stereocenters. The van der Waals surface area contributed by atoms with Gasteiger partial charge in [0.15, 0.2) is 5.78 Å². The van der Waals surface area contributed by atoms with E-state index in [1.54, 1.807) is 11.8 Å². The summed E-state index contributed by atoms with van der Waals surface area (Å²) in [5.41, 5.74) is 0.794. The maximum atomic E-state index is 12.3. The van der Waals surface area contributed by atoms with Crippen LogP contribution in [0.4, 0.5) is 0 Å². The number of Topliss-reactive ketones (excluding diaryl/α,β-unsaturated/α-hetero) is 1. The zero-order valence-electron chi connectivity index (χ0n) is 12.2. The fourth-order valence-electron chi connectivity index (χ4n) is 2.15. The first-order valence-electron chi connectivity index (χ1n) is 6.94. The molecule has 21 heavy (non-hydrogen) atoms. The Morgan fingerprint density at radius 3 is 2.48 bits per heavy atom. The summed E-state index contributed by atoms with van der Waals surface area (Å²) in [5.74, 6) is 0.826. The summed E-state index contributed by atoms with van der Waals surface area (Å²) in [6.07, 6.45) is 2.57. The van der Waals surface area contributed by atoms with Gasteiger partial charge in [0.05, 0.1) is 18.8 Å². The van der Waals surface area contributed by atoms with Gasteiger partial charge in [-0.1, -0.05) is 28.1 Å². The number of carbonyl (C=O) groups excluding carboxylic acids is 2. The minimum atomic E-state index is -0.153. The fraction of sp³-hybridized carbons (Fsp3) is 0.500. The number of hydrogen-bond donors (Lipinski definition) is 0. The Morgan fingerprint density at radius 2 is 1.95 bits per heavy atom. The molecule has 1 aliphatic rings. The van der Waals surface area contributed by atoms with Gasteiger partial charge in [-0.2, -0.15) is 0 Å². The smallest absolute Gasteiger partial charge is 0.306 e. The third kappa shape index (κ3) is 4.58. The van der Waals surface area contributed by atoms with Gasteiger partial charge in [0.1, 0.15) is 0 Å². The Hall–Kier alpha value is -0.810. The van der Waals surface area contributed by atoms with Crippen LogP contribution in [-0.2, 0) is 9.53 Å². The van der Waals surface area contributed by atoms with E-state index in [4.69, 9.17) is 4.74 Å². The van der Waals surface area contributed by atoms with Crippen molar-refractivity contribution in [3.05, 3.63) is 34.3 Å². The lowest BCUT2D eigenvalue weighted by molar-refractivity contribution is -0.141. The number of thioether (sulfide) groups is 1. The Kier molecular flexibility index (Phi) is 5.49. The molecule has 1 saturated carbocycles. The number of halogens is 1. The molecule has 114 valence electrons. The first-order valence-corrected chi connectivity index (χ1v) is 8.78. The molecule has 0 bridgehead atoms. The summed E-state index contributed by atoms with van der Waals surface area (Å²) in [4.78, 5) is 23.7. The lowest BCUT2D eigenvalue weighted by Crippen LogP contribution is -2.18. The number of ketones is 1. The second-order valence-electron chi connectivity index (χ2n) is 5.58. The Balaban J connectivity index is 1.87. The molecule has 5 heteroatoms. The number of hydrogen-bond acceptors (Lipinski definition) is 4. The summed E-state index contributed by atoms with van der Waals surface area (Å²) in [7, 11) is 1.42. The van der Waals surface area contributed by atoms with E-state index in [-0.39, 0.29) is 22.4 Å². The lowest BCUT2D eigenvalue weighted by atomic mass is 10.1. The molecule has 0 saturated heterocycles. The molecule has 1 fully saturated rings. The first kappa shape index (κ1) is 16.6. The molecule has 2 rings (SSSR count). The third-order valence-electron chi connectivity index (χ3n) is 3.84. The molecule has 0 aromatic heterocycles. The molecule has 1 aromatic rings. The largest absolute Gasteiger partial charge is 0.469 e. The molecule has 0 radical (unpaired) electrons. The highest BCUT2D eigenvalue weighted by atomic mass is 79.9. The Morgan fingerprint density at radius 1 is 1.33 bits per heavy atom. The molecule has 1 aromatic carbocycles. The van der Waals surface area contributed by atoms with E-state index < -0.39 is 0 Å². The summed E-state index contributed by atoms with van der Waals surface area (Å²) < 4.78 is 5.71. The summed E-state index contributed by atoms with van der Waals surface area (Å²) in [6.45, 7) is 1.93. The molecule has 0 N–H and O–H groups in total. The van der Waals surface area contributed by atoms with E-state index in [1.165, 1.54) is 7.11 Å². The van der Waals surface area contributed by atoms with Crippen LogP contribution in [0.5, 0.6) is 0 Å². The van der Waals surface area contributed by atoms with Crippen LogP contribution in [0, 0.1) is 5.41 Å². The van der Waals surface area contributed by atoms with Gasteiger partial charge in [0.2, 0.25) is 0 Å². The number of carbonyl (C=O) groups is 2.